The number of anilines is 3. The van der Waals surface area contributed by atoms with E-state index in [0.29, 0.717) is 0 Å². The summed E-state index contributed by atoms with van der Waals surface area (Å²) in [4.78, 5) is 2.32. The maximum atomic E-state index is 2.40. The van der Waals surface area contributed by atoms with Crippen LogP contribution in [-0.2, 0) is 5.41 Å². The van der Waals surface area contributed by atoms with E-state index in [1.165, 1.54) is 54.9 Å². The Kier molecular flexibility index (Phi) is 5.55. The van der Waals surface area contributed by atoms with E-state index in [0.717, 1.165) is 17.1 Å². The molecule has 0 heterocycles. The lowest BCUT2D eigenvalue weighted by Gasteiger charge is -2.26. The van der Waals surface area contributed by atoms with Gasteiger partial charge in [-0.3, -0.25) is 0 Å². The SMILES string of the molecule is CC1(C)c2ccccc2-c2c(-c3ccc4cc(N(c5ccccc5)c5ccccc5)ccc4c3)cc3ccccc3c21. The first-order chi connectivity index (χ1) is 20.6. The highest BCUT2D eigenvalue weighted by molar-refractivity contribution is 6.05. The van der Waals surface area contributed by atoms with E-state index in [-0.39, 0.29) is 5.41 Å². The van der Waals surface area contributed by atoms with Crippen LogP contribution in [-0.4, -0.2) is 0 Å². The monoisotopic (exact) mass is 537 g/mol. The van der Waals surface area contributed by atoms with Crippen LogP contribution in [0.1, 0.15) is 25.0 Å². The van der Waals surface area contributed by atoms with Crippen molar-refractivity contribution in [3.63, 3.8) is 0 Å². The van der Waals surface area contributed by atoms with Crippen molar-refractivity contribution in [2.24, 2.45) is 0 Å². The Hall–Kier alpha value is -5.14. The number of nitrogens with zero attached hydrogens (tertiary/aromatic N) is 1. The van der Waals surface area contributed by atoms with Gasteiger partial charge in [0.05, 0.1) is 0 Å². The molecule has 0 saturated carbocycles. The molecule has 7 aromatic carbocycles. The molecular weight excluding hydrogens is 506 g/mol. The molecule has 0 N–H and O–H groups in total. The second-order valence-electron chi connectivity index (χ2n) is 11.8. The molecule has 0 saturated heterocycles. The van der Waals surface area contributed by atoms with Crippen LogP contribution in [0.15, 0.2) is 152 Å². The van der Waals surface area contributed by atoms with Gasteiger partial charge in [-0.1, -0.05) is 117 Å². The van der Waals surface area contributed by atoms with Crippen LogP contribution >= 0.6 is 0 Å². The van der Waals surface area contributed by atoms with Crippen molar-refractivity contribution in [1.82, 2.24) is 0 Å². The van der Waals surface area contributed by atoms with Crippen LogP contribution in [0.2, 0.25) is 0 Å². The van der Waals surface area contributed by atoms with Crippen molar-refractivity contribution in [3.8, 4) is 22.3 Å². The third-order valence-electron chi connectivity index (χ3n) is 8.97. The van der Waals surface area contributed by atoms with Gasteiger partial charge in [0, 0.05) is 22.5 Å². The highest BCUT2D eigenvalue weighted by atomic mass is 15.1. The quantitative estimate of drug-likeness (QED) is 0.216. The first kappa shape index (κ1) is 24.6. The fourth-order valence-electron chi connectivity index (χ4n) is 7.03. The summed E-state index contributed by atoms with van der Waals surface area (Å²) in [6, 6.07) is 55.2. The van der Waals surface area contributed by atoms with E-state index in [2.05, 4.69) is 170 Å². The van der Waals surface area contributed by atoms with Crippen LogP contribution in [0, 0.1) is 0 Å². The lowest BCUT2D eigenvalue weighted by Crippen LogP contribution is -2.15. The molecule has 0 amide bonds. The van der Waals surface area contributed by atoms with E-state index >= 15 is 0 Å². The van der Waals surface area contributed by atoms with Gasteiger partial charge in [-0.2, -0.15) is 0 Å². The van der Waals surface area contributed by atoms with Gasteiger partial charge >= 0.3 is 0 Å². The number of benzene rings is 7. The summed E-state index contributed by atoms with van der Waals surface area (Å²) >= 11 is 0. The minimum absolute atomic E-state index is 0.0639. The standard InChI is InChI=1S/C41H31N/c1-41(2)38-20-12-11-19-36(38)39-37(27-30-13-9-10-18-35(30)40(39)41)31-22-21-29-26-34(24-23-28(29)25-31)42(32-14-5-3-6-15-32)33-16-7-4-8-17-33/h3-27H,1-2H3. The number of para-hydroxylation sites is 2. The first-order valence-electron chi connectivity index (χ1n) is 14.7. The highest BCUT2D eigenvalue weighted by Gasteiger charge is 2.38. The molecule has 200 valence electrons. The zero-order valence-electron chi connectivity index (χ0n) is 23.9. The summed E-state index contributed by atoms with van der Waals surface area (Å²) in [5, 5.41) is 5.12. The van der Waals surface area contributed by atoms with Gasteiger partial charge in [-0.25, -0.2) is 0 Å². The summed E-state index contributed by atoms with van der Waals surface area (Å²) in [5.74, 6) is 0. The minimum atomic E-state index is -0.0639. The molecule has 1 aliphatic carbocycles. The van der Waals surface area contributed by atoms with Crippen molar-refractivity contribution < 1.29 is 0 Å². The Morgan fingerprint density at radius 3 is 1.83 bits per heavy atom. The van der Waals surface area contributed by atoms with Crippen LogP contribution in [0.25, 0.3) is 43.8 Å². The molecule has 0 spiro atoms. The lowest BCUT2D eigenvalue weighted by molar-refractivity contribution is 0.666. The molecule has 0 fully saturated rings. The molecule has 1 heteroatoms. The number of hydrogen-bond donors (Lipinski definition) is 0. The Bertz CT molecular complexity index is 2070. The Morgan fingerprint density at radius 1 is 0.452 bits per heavy atom. The van der Waals surface area contributed by atoms with Crippen LogP contribution < -0.4 is 4.90 Å². The maximum absolute atomic E-state index is 2.40. The zero-order valence-corrected chi connectivity index (χ0v) is 23.9. The largest absolute Gasteiger partial charge is 0.310 e. The fourth-order valence-corrected chi connectivity index (χ4v) is 7.03. The van der Waals surface area contributed by atoms with E-state index in [1.54, 1.807) is 0 Å². The van der Waals surface area contributed by atoms with Gasteiger partial charge in [-0.05, 0) is 103 Å². The molecule has 1 aliphatic rings. The molecular formula is C41H31N. The molecule has 0 aromatic heterocycles. The molecule has 0 radical (unpaired) electrons. The summed E-state index contributed by atoms with van der Waals surface area (Å²) in [6.45, 7) is 4.75. The lowest BCUT2D eigenvalue weighted by atomic mass is 9.79. The number of rotatable bonds is 4. The summed E-state index contributed by atoms with van der Waals surface area (Å²) < 4.78 is 0. The maximum Gasteiger partial charge on any atom is 0.0468 e. The van der Waals surface area contributed by atoms with Crippen molar-refractivity contribution in [1.29, 1.82) is 0 Å². The summed E-state index contributed by atoms with van der Waals surface area (Å²) in [7, 11) is 0. The van der Waals surface area contributed by atoms with Crippen LogP contribution in [0.3, 0.4) is 0 Å². The molecule has 8 rings (SSSR count). The van der Waals surface area contributed by atoms with E-state index in [4.69, 9.17) is 0 Å². The van der Waals surface area contributed by atoms with Crippen LogP contribution in [0.5, 0.6) is 0 Å². The molecule has 0 aliphatic heterocycles. The highest BCUT2D eigenvalue weighted by Crippen LogP contribution is 2.54. The van der Waals surface area contributed by atoms with E-state index < -0.39 is 0 Å². The predicted molar refractivity (Wildman–Crippen MR) is 179 cm³/mol. The first-order valence-corrected chi connectivity index (χ1v) is 14.7. The molecule has 42 heavy (non-hydrogen) atoms. The summed E-state index contributed by atoms with van der Waals surface area (Å²) in [5.41, 5.74) is 11.5. The zero-order chi connectivity index (χ0) is 28.3. The van der Waals surface area contributed by atoms with Gasteiger partial charge in [0.1, 0.15) is 0 Å². The van der Waals surface area contributed by atoms with Gasteiger partial charge in [0.25, 0.3) is 0 Å². The van der Waals surface area contributed by atoms with Crippen LogP contribution in [0.4, 0.5) is 17.1 Å². The van der Waals surface area contributed by atoms with Crippen molar-refractivity contribution >= 4 is 38.6 Å². The average molecular weight is 538 g/mol. The molecule has 0 unspecified atom stereocenters. The smallest absolute Gasteiger partial charge is 0.0468 e. The van der Waals surface area contributed by atoms with Gasteiger partial charge in [-0.15, -0.1) is 0 Å². The van der Waals surface area contributed by atoms with Gasteiger partial charge < -0.3 is 4.90 Å². The van der Waals surface area contributed by atoms with Crippen molar-refractivity contribution in [2.75, 3.05) is 4.90 Å². The number of hydrogen-bond acceptors (Lipinski definition) is 1. The van der Waals surface area contributed by atoms with Crippen molar-refractivity contribution in [2.45, 2.75) is 19.3 Å². The average Bonchev–Trinajstić information content (AvgIpc) is 3.29. The molecule has 0 atom stereocenters. The third-order valence-corrected chi connectivity index (χ3v) is 8.97. The Labute approximate surface area is 247 Å². The Balaban J connectivity index is 1.30. The summed E-state index contributed by atoms with van der Waals surface area (Å²) in [6.07, 6.45) is 0. The van der Waals surface area contributed by atoms with E-state index in [9.17, 15) is 0 Å². The Morgan fingerprint density at radius 2 is 1.07 bits per heavy atom. The van der Waals surface area contributed by atoms with Gasteiger partial charge in [0.15, 0.2) is 0 Å². The second kappa shape index (κ2) is 9.46. The third kappa shape index (κ3) is 3.78. The molecule has 7 aromatic rings. The van der Waals surface area contributed by atoms with Gasteiger partial charge in [0.2, 0.25) is 0 Å². The second-order valence-corrected chi connectivity index (χ2v) is 11.8. The molecule has 0 bridgehead atoms. The topological polar surface area (TPSA) is 3.24 Å². The fraction of sp³-hybridized carbons (Fsp3) is 0.0732. The van der Waals surface area contributed by atoms with E-state index in [1.807, 2.05) is 0 Å². The minimum Gasteiger partial charge on any atom is -0.310 e. The normalized spacial score (nSPS) is 13.2. The predicted octanol–water partition coefficient (Wildman–Crippen LogP) is 11.4. The van der Waals surface area contributed by atoms with Crippen molar-refractivity contribution in [3.05, 3.63) is 163 Å². The number of fused-ring (bicyclic) bond motifs is 6. The molecule has 1 nitrogen and oxygen atoms in total.